The summed E-state index contributed by atoms with van der Waals surface area (Å²) in [5.74, 6) is -4.43. The Labute approximate surface area is 248 Å². The molecule has 0 unspecified atom stereocenters. The van der Waals surface area contributed by atoms with Crippen LogP contribution in [0.2, 0.25) is 0 Å². The van der Waals surface area contributed by atoms with Crippen molar-refractivity contribution in [1.29, 1.82) is 0 Å². The van der Waals surface area contributed by atoms with Gasteiger partial charge in [-0.1, -0.05) is 0 Å². The first-order chi connectivity index (χ1) is 16.8. The van der Waals surface area contributed by atoms with Crippen molar-refractivity contribution in [2.75, 3.05) is 0 Å². The summed E-state index contributed by atoms with van der Waals surface area (Å²) in [6, 6.07) is -2.56. The average Bonchev–Trinajstić information content (AvgIpc) is 3.58. The van der Waals surface area contributed by atoms with E-state index < -0.39 is 48.0 Å². The molecule has 8 N–H and O–H groups in total. The predicted molar refractivity (Wildman–Crippen MR) is 122 cm³/mol. The van der Waals surface area contributed by atoms with E-state index in [1.54, 1.807) is 0 Å². The maximum absolute atomic E-state index is 10.4. The molecule has 226 valence electrons. The van der Waals surface area contributed by atoms with Crippen LogP contribution in [0.3, 0.4) is 0 Å². The maximum atomic E-state index is 10.4. The second kappa shape index (κ2) is 20.0. The second-order valence-corrected chi connectivity index (χ2v) is 7.99. The summed E-state index contributed by atoms with van der Waals surface area (Å²) in [6.07, 6.45) is 3.08. The Morgan fingerprint density at radius 2 is 0.615 bits per heavy atom. The van der Waals surface area contributed by atoms with Crippen LogP contribution in [0.1, 0.15) is 51.4 Å². The van der Waals surface area contributed by atoms with Crippen LogP contribution in [0, 0.1) is 7.43 Å². The van der Waals surface area contributed by atoms with Crippen molar-refractivity contribution < 1.29 is 97.7 Å². The van der Waals surface area contributed by atoms with Crippen LogP contribution in [-0.4, -0.2) is 92.1 Å². The standard InChI is InChI=1S/4C5H7NO3.CH3.2Rh/c4*7-4-2-1-3(6-4)5(8)9;;;/h4*3H,1-2H2,(H,6,7)(H,8,9);1H3;;/q;;;;-1;;/t4*3-;;;/m0000.../s1. The number of hydrogen-bond acceptors (Lipinski definition) is 8. The van der Waals surface area contributed by atoms with Crippen LogP contribution >= 0.6 is 0 Å². The molecule has 2 radical (unpaired) electrons. The van der Waals surface area contributed by atoms with Crippen molar-refractivity contribution in [1.82, 2.24) is 21.3 Å². The molecule has 0 aromatic heterocycles. The van der Waals surface area contributed by atoms with Gasteiger partial charge >= 0.3 is 23.9 Å². The summed E-state index contributed by atoms with van der Waals surface area (Å²) in [6.45, 7) is 0. The first kappa shape index (κ1) is 40.5. The molecule has 4 rings (SSSR count). The Morgan fingerprint density at radius 3 is 0.667 bits per heavy atom. The van der Waals surface area contributed by atoms with Gasteiger partial charge in [-0.15, -0.1) is 0 Å². The number of nitrogens with one attached hydrogen (secondary N) is 4. The van der Waals surface area contributed by atoms with E-state index in [9.17, 15) is 38.4 Å². The van der Waals surface area contributed by atoms with Gasteiger partial charge in [-0.3, -0.25) is 19.2 Å². The third-order valence-electron chi connectivity index (χ3n) is 5.17. The molecule has 4 fully saturated rings. The first-order valence-electron chi connectivity index (χ1n) is 10.9. The van der Waals surface area contributed by atoms with E-state index in [1.807, 2.05) is 0 Å². The van der Waals surface area contributed by atoms with Crippen molar-refractivity contribution in [3.8, 4) is 0 Å². The largest absolute Gasteiger partial charge is 0.480 e. The molecule has 39 heavy (non-hydrogen) atoms. The molecule has 4 aliphatic rings. The van der Waals surface area contributed by atoms with Crippen molar-refractivity contribution in [3.05, 3.63) is 7.43 Å². The number of amides is 4. The minimum absolute atomic E-state index is 0. The smallest absolute Gasteiger partial charge is 0.326 e. The van der Waals surface area contributed by atoms with Gasteiger partial charge in [-0.05, 0) is 25.7 Å². The maximum Gasteiger partial charge on any atom is 0.326 e. The molecular formula is C21H31N4O12Rh2-. The van der Waals surface area contributed by atoms with Gasteiger partial charge in [0.2, 0.25) is 23.6 Å². The summed E-state index contributed by atoms with van der Waals surface area (Å²) in [5.41, 5.74) is 0. The van der Waals surface area contributed by atoms with E-state index in [2.05, 4.69) is 21.3 Å². The molecule has 0 saturated carbocycles. The van der Waals surface area contributed by atoms with Crippen LogP contribution in [0.15, 0.2) is 0 Å². The Kier molecular flexibility index (Phi) is 20.8. The molecule has 0 bridgehead atoms. The van der Waals surface area contributed by atoms with Gasteiger partial charge in [0.05, 0.1) is 0 Å². The molecule has 4 aliphatic heterocycles. The molecule has 18 heteroatoms. The number of rotatable bonds is 4. The fourth-order valence-corrected chi connectivity index (χ4v) is 3.20. The third-order valence-corrected chi connectivity index (χ3v) is 5.17. The van der Waals surface area contributed by atoms with Gasteiger partial charge in [-0.2, -0.15) is 0 Å². The minimum atomic E-state index is -0.944. The van der Waals surface area contributed by atoms with Crippen molar-refractivity contribution >= 4 is 47.5 Å². The molecule has 4 saturated heterocycles. The summed E-state index contributed by atoms with van der Waals surface area (Å²) >= 11 is 0. The minimum Gasteiger partial charge on any atom is -0.480 e. The summed E-state index contributed by atoms with van der Waals surface area (Å²) in [7, 11) is 0. The molecule has 4 heterocycles. The molecule has 0 aromatic carbocycles. The number of aliphatic carboxylic acids is 4. The molecule has 4 amide bonds. The number of carboxylic acid groups (broad SMARTS) is 4. The van der Waals surface area contributed by atoms with Gasteiger partial charge < -0.3 is 49.1 Å². The van der Waals surface area contributed by atoms with Crippen LogP contribution in [0.5, 0.6) is 0 Å². The van der Waals surface area contributed by atoms with Crippen LogP contribution < -0.4 is 21.3 Å². The van der Waals surface area contributed by atoms with E-state index in [-0.39, 0.29) is 70.0 Å². The zero-order chi connectivity index (χ0) is 27.4. The van der Waals surface area contributed by atoms with E-state index in [4.69, 9.17) is 20.4 Å². The van der Waals surface area contributed by atoms with Crippen molar-refractivity contribution in [2.24, 2.45) is 0 Å². The van der Waals surface area contributed by atoms with Gasteiger partial charge in [0.1, 0.15) is 24.2 Å². The molecule has 0 spiro atoms. The molecule has 16 nitrogen and oxygen atoms in total. The first-order valence-corrected chi connectivity index (χ1v) is 10.9. The SMILES string of the molecule is O=C1CC[C@@H](C(=O)O)N1.O=C1CC[C@@H](C(=O)O)N1.O=C1CC[C@@H](C(=O)O)N1.O=C1CC[C@@H](C(=O)O)N1.[CH3-].[Rh].[Rh]. The van der Waals surface area contributed by atoms with Crippen LogP contribution in [0.4, 0.5) is 0 Å². The number of hydrogen-bond donors (Lipinski definition) is 8. The monoisotopic (exact) mass is 737 g/mol. The van der Waals surface area contributed by atoms with E-state index in [1.165, 1.54) is 0 Å². The second-order valence-electron chi connectivity index (χ2n) is 7.99. The van der Waals surface area contributed by atoms with Crippen molar-refractivity contribution in [2.45, 2.75) is 75.5 Å². The van der Waals surface area contributed by atoms with Crippen LogP contribution in [-0.2, 0) is 77.3 Å². The van der Waals surface area contributed by atoms with Gasteiger partial charge in [0.25, 0.3) is 0 Å². The Hall–Kier alpha value is -2.99. The Bertz CT molecular complexity index is 773. The van der Waals surface area contributed by atoms with Gasteiger partial charge in [0, 0.05) is 64.6 Å². The Balaban J connectivity index is -0.000000432. The predicted octanol–water partition coefficient (Wildman–Crippen LogP) is -2.16. The topological polar surface area (TPSA) is 266 Å². The molecule has 4 atom stereocenters. The van der Waals surface area contributed by atoms with Crippen molar-refractivity contribution in [3.63, 3.8) is 0 Å². The van der Waals surface area contributed by atoms with Crippen LogP contribution in [0.25, 0.3) is 0 Å². The molecule has 0 aromatic rings. The fourth-order valence-electron chi connectivity index (χ4n) is 3.20. The normalized spacial score (nSPS) is 23.8. The molecule has 0 aliphatic carbocycles. The van der Waals surface area contributed by atoms with E-state index >= 15 is 0 Å². The third kappa shape index (κ3) is 15.9. The average molecular weight is 737 g/mol. The number of carbonyl (C=O) groups is 8. The number of carbonyl (C=O) groups excluding carboxylic acids is 4. The summed E-state index contributed by atoms with van der Waals surface area (Å²) in [4.78, 5) is 82.1. The van der Waals surface area contributed by atoms with Gasteiger partial charge in [0.15, 0.2) is 0 Å². The summed E-state index contributed by atoms with van der Waals surface area (Å²) < 4.78 is 0. The van der Waals surface area contributed by atoms with Gasteiger partial charge in [-0.25, -0.2) is 19.2 Å². The fraction of sp³-hybridized carbons (Fsp3) is 0.571. The Morgan fingerprint density at radius 1 is 0.462 bits per heavy atom. The quantitative estimate of drug-likeness (QED) is 0.113. The van der Waals surface area contributed by atoms with E-state index in [0.29, 0.717) is 51.4 Å². The van der Waals surface area contributed by atoms with E-state index in [0.717, 1.165) is 0 Å². The number of carboxylic acids is 4. The zero-order valence-electron chi connectivity index (χ0n) is 20.7. The zero-order valence-corrected chi connectivity index (χ0v) is 24.0. The summed E-state index contributed by atoms with van der Waals surface area (Å²) in [5, 5.41) is 42.5. The molecular weight excluding hydrogens is 706 g/mol.